The lowest BCUT2D eigenvalue weighted by Gasteiger charge is -2.13. The molecule has 0 saturated heterocycles. The molecular formula is C10H6F6S. The Kier molecular flexibility index (Phi) is 3.71. The van der Waals surface area contributed by atoms with Crippen LogP contribution in [0.4, 0.5) is 26.3 Å². The summed E-state index contributed by atoms with van der Waals surface area (Å²) in [6.07, 6.45) is -9.63. The molecule has 0 fully saturated rings. The summed E-state index contributed by atoms with van der Waals surface area (Å²) < 4.78 is 74.4. The van der Waals surface area contributed by atoms with Gasteiger partial charge in [0.15, 0.2) is 0 Å². The first kappa shape index (κ1) is 13.8. The first-order valence-electron chi connectivity index (χ1n) is 4.18. The van der Waals surface area contributed by atoms with E-state index in [2.05, 4.69) is 5.87 Å². The molecule has 7 heteroatoms. The Morgan fingerprint density at radius 2 is 1.59 bits per heavy atom. The van der Waals surface area contributed by atoms with Crippen LogP contribution in [0.3, 0.4) is 0 Å². The average molecular weight is 272 g/mol. The lowest BCUT2D eigenvalue weighted by Crippen LogP contribution is -2.13. The minimum atomic E-state index is -4.83. The summed E-state index contributed by atoms with van der Waals surface area (Å²) in [5.74, 6) is 3.25. The van der Waals surface area contributed by atoms with Crippen molar-refractivity contribution in [2.24, 2.45) is 0 Å². The van der Waals surface area contributed by atoms with E-state index in [1.165, 1.54) is 0 Å². The molecule has 0 bridgehead atoms. The van der Waals surface area contributed by atoms with Gasteiger partial charge in [0.25, 0.3) is 0 Å². The Hall–Kier alpha value is -1.24. The molecule has 0 heterocycles. The first-order chi connectivity index (χ1) is 7.66. The molecule has 0 N–H and O–H groups in total. The molecule has 0 aliphatic heterocycles. The maximum atomic E-state index is 12.5. The van der Waals surface area contributed by atoms with Gasteiger partial charge in [0.05, 0.1) is 11.1 Å². The largest absolute Gasteiger partial charge is 0.417 e. The number of halogens is 6. The average Bonchev–Trinajstić information content (AvgIpc) is 2.15. The van der Waals surface area contributed by atoms with E-state index in [1.807, 2.05) is 0 Å². The van der Waals surface area contributed by atoms with Crippen molar-refractivity contribution in [1.29, 1.82) is 0 Å². The van der Waals surface area contributed by atoms with Crippen LogP contribution in [0, 0.1) is 0 Å². The highest BCUT2D eigenvalue weighted by molar-refractivity contribution is 7.95. The fourth-order valence-electron chi connectivity index (χ4n) is 1.17. The SMILES string of the molecule is C=S=Cc1ccc(C(F)(F)F)cc1C(F)(F)F. The van der Waals surface area contributed by atoms with Crippen LogP contribution in [0.2, 0.25) is 0 Å². The third kappa shape index (κ3) is 3.36. The highest BCUT2D eigenvalue weighted by Crippen LogP contribution is 2.36. The number of benzene rings is 1. The van der Waals surface area contributed by atoms with E-state index >= 15 is 0 Å². The zero-order chi connectivity index (χ0) is 13.3. The van der Waals surface area contributed by atoms with Crippen molar-refractivity contribution in [1.82, 2.24) is 0 Å². The van der Waals surface area contributed by atoms with Gasteiger partial charge in [-0.05, 0) is 28.9 Å². The van der Waals surface area contributed by atoms with Gasteiger partial charge < -0.3 is 0 Å². The standard InChI is InChI=1S/C10H6F6S/c1-17-5-6-2-3-7(9(11,12)13)4-8(6)10(14,15)16/h2-5H,1H2. The molecule has 0 aliphatic carbocycles. The predicted molar refractivity (Wildman–Crippen MR) is 56.3 cm³/mol. The molecule has 17 heavy (non-hydrogen) atoms. The van der Waals surface area contributed by atoms with Crippen molar-refractivity contribution in [2.45, 2.75) is 12.4 Å². The fraction of sp³-hybridized carbons (Fsp3) is 0.200. The van der Waals surface area contributed by atoms with Gasteiger partial charge in [0, 0.05) is 0 Å². The monoisotopic (exact) mass is 272 g/mol. The topological polar surface area (TPSA) is 0 Å². The first-order valence-corrected chi connectivity index (χ1v) is 5.23. The third-order valence-corrected chi connectivity index (χ3v) is 2.32. The summed E-state index contributed by atoms with van der Waals surface area (Å²) in [5, 5.41) is 1.04. The van der Waals surface area contributed by atoms with Crippen LogP contribution >= 0.6 is 10.9 Å². The van der Waals surface area contributed by atoms with E-state index in [0.717, 1.165) is 22.4 Å². The van der Waals surface area contributed by atoms with Gasteiger partial charge in [-0.1, -0.05) is 6.07 Å². The van der Waals surface area contributed by atoms with Gasteiger partial charge in [-0.3, -0.25) is 0 Å². The zero-order valence-electron chi connectivity index (χ0n) is 8.19. The molecule has 0 aliphatic rings. The molecule has 0 aromatic heterocycles. The number of hydrogen-bond donors (Lipinski definition) is 0. The van der Waals surface area contributed by atoms with E-state index in [1.54, 1.807) is 0 Å². The molecule has 0 radical (unpaired) electrons. The quantitative estimate of drug-likeness (QED) is 0.534. The van der Waals surface area contributed by atoms with Crippen molar-refractivity contribution in [3.63, 3.8) is 0 Å². The Bertz CT molecular complexity index is 465. The molecule has 0 spiro atoms. The highest BCUT2D eigenvalue weighted by atomic mass is 32.1. The number of hydrogen-bond acceptors (Lipinski definition) is 0. The molecule has 1 aromatic rings. The fourth-order valence-corrected chi connectivity index (χ4v) is 1.56. The van der Waals surface area contributed by atoms with Gasteiger partial charge in [-0.2, -0.15) is 37.3 Å². The smallest absolute Gasteiger partial charge is 0.166 e. The van der Waals surface area contributed by atoms with Crippen LogP contribution in [0.15, 0.2) is 18.2 Å². The van der Waals surface area contributed by atoms with Crippen molar-refractivity contribution in [3.05, 3.63) is 34.9 Å². The molecule has 94 valence electrons. The lowest BCUT2D eigenvalue weighted by molar-refractivity contribution is -0.143. The van der Waals surface area contributed by atoms with Crippen LogP contribution in [-0.2, 0) is 12.4 Å². The van der Waals surface area contributed by atoms with E-state index in [-0.39, 0.29) is 11.6 Å². The lowest BCUT2D eigenvalue weighted by atomic mass is 10.0. The zero-order valence-corrected chi connectivity index (χ0v) is 9.01. The van der Waals surface area contributed by atoms with Crippen LogP contribution in [-0.4, -0.2) is 11.2 Å². The van der Waals surface area contributed by atoms with Crippen molar-refractivity contribution in [3.8, 4) is 0 Å². The van der Waals surface area contributed by atoms with Crippen LogP contribution in [0.25, 0.3) is 0 Å². The predicted octanol–water partition coefficient (Wildman–Crippen LogP) is 4.04. The Balaban J connectivity index is 3.45. The summed E-state index contributed by atoms with van der Waals surface area (Å²) >= 11 is 0. The van der Waals surface area contributed by atoms with E-state index in [4.69, 9.17) is 0 Å². The second-order valence-electron chi connectivity index (χ2n) is 3.08. The van der Waals surface area contributed by atoms with E-state index < -0.39 is 23.5 Å². The van der Waals surface area contributed by atoms with Crippen LogP contribution < -0.4 is 0 Å². The highest BCUT2D eigenvalue weighted by Gasteiger charge is 2.37. The van der Waals surface area contributed by atoms with Gasteiger partial charge >= 0.3 is 12.4 Å². The minimum absolute atomic E-state index is 0.0993. The molecule has 0 nitrogen and oxygen atoms in total. The number of alkyl halides is 6. The molecule has 0 amide bonds. The second kappa shape index (κ2) is 4.56. The maximum absolute atomic E-state index is 12.5. The van der Waals surface area contributed by atoms with Crippen LogP contribution in [0.1, 0.15) is 16.7 Å². The molecule has 0 saturated carbocycles. The Morgan fingerprint density at radius 3 is 2.00 bits per heavy atom. The molecule has 0 atom stereocenters. The molecule has 1 rings (SSSR count). The van der Waals surface area contributed by atoms with Gasteiger partial charge in [0.2, 0.25) is 0 Å². The van der Waals surface area contributed by atoms with Crippen molar-refractivity contribution < 1.29 is 26.3 Å². The van der Waals surface area contributed by atoms with Crippen molar-refractivity contribution >= 4 is 22.2 Å². The Morgan fingerprint density at radius 1 is 1.00 bits per heavy atom. The molecule has 0 unspecified atom stereocenters. The maximum Gasteiger partial charge on any atom is 0.417 e. The van der Waals surface area contributed by atoms with Gasteiger partial charge in [0.1, 0.15) is 0 Å². The van der Waals surface area contributed by atoms with E-state index in [0.29, 0.717) is 6.07 Å². The molecular weight excluding hydrogens is 266 g/mol. The van der Waals surface area contributed by atoms with Gasteiger partial charge in [-0.15, -0.1) is 0 Å². The normalized spacial score (nSPS) is 12.4. The van der Waals surface area contributed by atoms with Crippen molar-refractivity contribution in [2.75, 3.05) is 0 Å². The van der Waals surface area contributed by atoms with E-state index in [9.17, 15) is 26.3 Å². The Labute approximate surface area is 96.4 Å². The summed E-state index contributed by atoms with van der Waals surface area (Å²) in [5.41, 5.74) is -2.97. The third-order valence-electron chi connectivity index (χ3n) is 1.90. The van der Waals surface area contributed by atoms with Gasteiger partial charge in [-0.25, -0.2) is 0 Å². The van der Waals surface area contributed by atoms with Crippen LogP contribution in [0.5, 0.6) is 0 Å². The second-order valence-corrected chi connectivity index (χ2v) is 3.65. The molecule has 1 aromatic carbocycles. The summed E-state index contributed by atoms with van der Waals surface area (Å²) in [4.78, 5) is 0. The summed E-state index contributed by atoms with van der Waals surface area (Å²) in [7, 11) is 0.742. The number of rotatable bonds is 1. The summed E-state index contributed by atoms with van der Waals surface area (Å²) in [6.45, 7) is 0. The summed E-state index contributed by atoms with van der Waals surface area (Å²) in [6, 6.07) is 1.49. The minimum Gasteiger partial charge on any atom is -0.166 e.